The van der Waals surface area contributed by atoms with Crippen molar-refractivity contribution < 1.29 is 5.11 Å². The van der Waals surface area contributed by atoms with Crippen molar-refractivity contribution in [2.24, 2.45) is 0 Å². The molecule has 0 radical (unpaired) electrons. The fourth-order valence-electron chi connectivity index (χ4n) is 2.12. The summed E-state index contributed by atoms with van der Waals surface area (Å²) in [6.45, 7) is 8.04. The van der Waals surface area contributed by atoms with E-state index in [2.05, 4.69) is 24.4 Å². The van der Waals surface area contributed by atoms with Gasteiger partial charge >= 0.3 is 0 Å². The molecule has 0 atom stereocenters. The fourth-order valence-corrected chi connectivity index (χ4v) is 2.33. The Morgan fingerprint density at radius 1 is 1.10 bits per heavy atom. The standard InChI is InChI=1S/C17H20ClNO/c1-10(2)14-9-15(12(4)16(18)17(14)20)19-13-7-5-11(3)6-8-13/h5-10,19-20H,1-4H3. The van der Waals surface area contributed by atoms with Gasteiger partial charge in [-0.3, -0.25) is 0 Å². The first kappa shape index (κ1) is 14.7. The van der Waals surface area contributed by atoms with Crippen LogP contribution in [0.5, 0.6) is 5.75 Å². The number of hydrogen-bond acceptors (Lipinski definition) is 2. The molecule has 0 amide bonds. The SMILES string of the molecule is Cc1ccc(Nc2cc(C(C)C)c(O)c(Cl)c2C)cc1. The molecule has 0 aliphatic rings. The van der Waals surface area contributed by atoms with Gasteiger partial charge < -0.3 is 10.4 Å². The second kappa shape index (κ2) is 5.76. The molecule has 2 nitrogen and oxygen atoms in total. The van der Waals surface area contributed by atoms with Crippen molar-refractivity contribution in [3.8, 4) is 5.75 Å². The third-order valence-corrected chi connectivity index (χ3v) is 3.93. The molecule has 0 heterocycles. The van der Waals surface area contributed by atoms with Gasteiger partial charge in [0.15, 0.2) is 0 Å². The van der Waals surface area contributed by atoms with E-state index < -0.39 is 0 Å². The molecular weight excluding hydrogens is 270 g/mol. The van der Waals surface area contributed by atoms with Gasteiger partial charge in [0, 0.05) is 16.9 Å². The lowest BCUT2D eigenvalue weighted by molar-refractivity contribution is 0.465. The second-order valence-electron chi connectivity index (χ2n) is 5.45. The third-order valence-electron chi connectivity index (χ3n) is 3.47. The van der Waals surface area contributed by atoms with E-state index >= 15 is 0 Å². The highest BCUT2D eigenvalue weighted by molar-refractivity contribution is 6.33. The molecule has 2 aromatic carbocycles. The Morgan fingerprint density at radius 2 is 1.70 bits per heavy atom. The second-order valence-corrected chi connectivity index (χ2v) is 5.82. The van der Waals surface area contributed by atoms with Crippen molar-refractivity contribution in [3.63, 3.8) is 0 Å². The van der Waals surface area contributed by atoms with Gasteiger partial charge in [0.2, 0.25) is 0 Å². The van der Waals surface area contributed by atoms with Crippen LogP contribution in [0.25, 0.3) is 0 Å². The van der Waals surface area contributed by atoms with Crippen molar-refractivity contribution in [3.05, 3.63) is 52.0 Å². The minimum Gasteiger partial charge on any atom is -0.506 e. The number of aryl methyl sites for hydroxylation is 1. The number of anilines is 2. The Kier molecular flexibility index (Phi) is 4.24. The molecule has 0 aromatic heterocycles. The molecular formula is C17H20ClNO. The van der Waals surface area contributed by atoms with Crippen LogP contribution < -0.4 is 5.32 Å². The van der Waals surface area contributed by atoms with Crippen LogP contribution in [0.4, 0.5) is 11.4 Å². The van der Waals surface area contributed by atoms with E-state index in [0.717, 1.165) is 22.5 Å². The lowest BCUT2D eigenvalue weighted by Gasteiger charge is -2.17. The summed E-state index contributed by atoms with van der Waals surface area (Å²) in [7, 11) is 0. The van der Waals surface area contributed by atoms with E-state index in [1.54, 1.807) is 0 Å². The predicted octanol–water partition coefficient (Wildman–Crippen LogP) is 5.53. The van der Waals surface area contributed by atoms with Gasteiger partial charge in [-0.1, -0.05) is 43.1 Å². The summed E-state index contributed by atoms with van der Waals surface area (Å²) in [6, 6.07) is 10.2. The number of benzene rings is 2. The zero-order valence-corrected chi connectivity index (χ0v) is 13.0. The normalized spacial score (nSPS) is 10.9. The highest BCUT2D eigenvalue weighted by Crippen LogP contribution is 2.39. The quantitative estimate of drug-likeness (QED) is 0.728. The van der Waals surface area contributed by atoms with Crippen molar-refractivity contribution in [2.45, 2.75) is 33.6 Å². The Morgan fingerprint density at radius 3 is 2.25 bits per heavy atom. The van der Waals surface area contributed by atoms with Crippen molar-refractivity contribution in [1.29, 1.82) is 0 Å². The molecule has 0 unspecified atom stereocenters. The number of phenols is 1. The topological polar surface area (TPSA) is 32.3 Å². The van der Waals surface area contributed by atoms with Crippen LogP contribution in [0.3, 0.4) is 0 Å². The molecule has 0 aliphatic heterocycles. The van der Waals surface area contributed by atoms with Crippen LogP contribution >= 0.6 is 11.6 Å². The minimum absolute atomic E-state index is 0.189. The molecule has 2 aromatic rings. The predicted molar refractivity (Wildman–Crippen MR) is 86.4 cm³/mol. The number of rotatable bonds is 3. The maximum Gasteiger partial charge on any atom is 0.138 e. The van der Waals surface area contributed by atoms with Crippen molar-refractivity contribution >= 4 is 23.0 Å². The molecule has 0 spiro atoms. The summed E-state index contributed by atoms with van der Waals surface area (Å²) < 4.78 is 0. The van der Waals surface area contributed by atoms with Crippen molar-refractivity contribution in [2.75, 3.05) is 5.32 Å². The molecule has 0 fully saturated rings. The molecule has 0 saturated carbocycles. The largest absolute Gasteiger partial charge is 0.506 e. The highest BCUT2D eigenvalue weighted by atomic mass is 35.5. The van der Waals surface area contributed by atoms with E-state index in [-0.39, 0.29) is 11.7 Å². The third kappa shape index (κ3) is 2.91. The molecule has 3 heteroatoms. The molecule has 0 bridgehead atoms. The average molecular weight is 290 g/mol. The number of hydrogen-bond donors (Lipinski definition) is 2. The Hall–Kier alpha value is -1.67. The van der Waals surface area contributed by atoms with Crippen LogP contribution in [0.1, 0.15) is 36.5 Å². The van der Waals surface area contributed by atoms with Gasteiger partial charge in [-0.25, -0.2) is 0 Å². The van der Waals surface area contributed by atoms with Gasteiger partial charge in [0.05, 0.1) is 5.02 Å². The number of nitrogens with one attached hydrogen (secondary N) is 1. The molecule has 106 valence electrons. The molecule has 20 heavy (non-hydrogen) atoms. The van der Waals surface area contributed by atoms with Crippen LogP contribution in [-0.4, -0.2) is 5.11 Å². The van der Waals surface area contributed by atoms with Crippen LogP contribution in [0.15, 0.2) is 30.3 Å². The summed E-state index contributed by atoms with van der Waals surface area (Å²) in [5.41, 5.74) is 4.87. The Bertz CT molecular complexity index is 618. The average Bonchev–Trinajstić information content (AvgIpc) is 2.41. The number of phenolic OH excluding ortho intramolecular Hbond substituents is 1. The van der Waals surface area contributed by atoms with Crippen LogP contribution in [0, 0.1) is 13.8 Å². The maximum atomic E-state index is 10.1. The van der Waals surface area contributed by atoms with Crippen molar-refractivity contribution in [1.82, 2.24) is 0 Å². The van der Waals surface area contributed by atoms with E-state index in [1.807, 2.05) is 39.0 Å². The summed E-state index contributed by atoms with van der Waals surface area (Å²) >= 11 is 6.23. The monoisotopic (exact) mass is 289 g/mol. The number of aromatic hydroxyl groups is 1. The molecule has 2 rings (SSSR count). The van der Waals surface area contributed by atoms with Gasteiger partial charge in [-0.2, -0.15) is 0 Å². The van der Waals surface area contributed by atoms with Gasteiger partial charge in [0.1, 0.15) is 5.75 Å². The fraction of sp³-hybridized carbons (Fsp3) is 0.294. The first-order valence-corrected chi connectivity index (χ1v) is 7.13. The Labute approximate surface area is 125 Å². The van der Waals surface area contributed by atoms with E-state index in [9.17, 15) is 5.11 Å². The lowest BCUT2D eigenvalue weighted by Crippen LogP contribution is -1.98. The van der Waals surface area contributed by atoms with Crippen LogP contribution in [-0.2, 0) is 0 Å². The summed E-state index contributed by atoms with van der Waals surface area (Å²) in [4.78, 5) is 0. The maximum absolute atomic E-state index is 10.1. The van der Waals surface area contributed by atoms with E-state index in [0.29, 0.717) is 5.02 Å². The van der Waals surface area contributed by atoms with Gasteiger partial charge in [-0.15, -0.1) is 0 Å². The Balaban J connectivity index is 2.43. The highest BCUT2D eigenvalue weighted by Gasteiger charge is 2.15. The zero-order chi connectivity index (χ0) is 14.9. The summed E-state index contributed by atoms with van der Waals surface area (Å²) in [5.74, 6) is 0.403. The van der Waals surface area contributed by atoms with E-state index in [4.69, 9.17) is 11.6 Å². The van der Waals surface area contributed by atoms with Gasteiger partial charge in [0.25, 0.3) is 0 Å². The van der Waals surface area contributed by atoms with E-state index in [1.165, 1.54) is 5.56 Å². The first-order valence-electron chi connectivity index (χ1n) is 6.75. The minimum atomic E-state index is 0.189. The molecule has 0 aliphatic carbocycles. The van der Waals surface area contributed by atoms with Crippen LogP contribution in [0.2, 0.25) is 5.02 Å². The summed E-state index contributed by atoms with van der Waals surface area (Å²) in [5, 5.41) is 13.9. The zero-order valence-electron chi connectivity index (χ0n) is 12.3. The smallest absolute Gasteiger partial charge is 0.138 e. The molecule has 0 saturated heterocycles. The summed E-state index contributed by atoms with van der Waals surface area (Å²) in [6.07, 6.45) is 0. The van der Waals surface area contributed by atoms with Gasteiger partial charge in [-0.05, 0) is 43.5 Å². The lowest BCUT2D eigenvalue weighted by atomic mass is 9.99. The molecule has 2 N–H and O–H groups in total. The first-order chi connectivity index (χ1) is 9.40. The number of halogens is 1.